The largest absolute Gasteiger partial charge is 0.497 e. The van der Waals surface area contributed by atoms with Crippen LogP contribution in [-0.4, -0.2) is 46.5 Å². The number of likely N-dealkylation sites (tertiary alicyclic amines) is 1. The fraction of sp³-hybridized carbons (Fsp3) is 0.421. The highest BCUT2D eigenvalue weighted by molar-refractivity contribution is 5.95. The van der Waals surface area contributed by atoms with Crippen LogP contribution in [0.1, 0.15) is 25.7 Å². The third kappa shape index (κ3) is 3.56. The molecule has 1 aromatic carbocycles. The van der Waals surface area contributed by atoms with Gasteiger partial charge in [-0.3, -0.25) is 9.59 Å². The van der Waals surface area contributed by atoms with Crippen LogP contribution >= 0.6 is 0 Å². The van der Waals surface area contributed by atoms with Gasteiger partial charge >= 0.3 is 0 Å². The van der Waals surface area contributed by atoms with E-state index in [1.54, 1.807) is 24.3 Å². The van der Waals surface area contributed by atoms with Crippen LogP contribution in [0.15, 0.2) is 36.7 Å². The molecule has 1 aromatic heterocycles. The minimum atomic E-state index is -0.310. The Bertz CT molecular complexity index is 796. The average molecular weight is 356 g/mol. The van der Waals surface area contributed by atoms with E-state index in [9.17, 15) is 9.59 Å². The summed E-state index contributed by atoms with van der Waals surface area (Å²) in [5.74, 6) is 1.33. The highest BCUT2D eigenvalue weighted by atomic mass is 16.5. The van der Waals surface area contributed by atoms with E-state index >= 15 is 0 Å². The molecule has 0 aliphatic carbocycles. The van der Waals surface area contributed by atoms with E-state index in [2.05, 4.69) is 10.3 Å². The van der Waals surface area contributed by atoms with Crippen LogP contribution in [0.5, 0.6) is 5.75 Å². The number of nitrogens with one attached hydrogen (secondary N) is 1. The van der Waals surface area contributed by atoms with Crippen molar-refractivity contribution in [1.29, 1.82) is 0 Å². The monoisotopic (exact) mass is 356 g/mol. The minimum Gasteiger partial charge on any atom is -0.497 e. The zero-order valence-corrected chi connectivity index (χ0v) is 15.3. The normalized spacial score (nSPS) is 15.3. The van der Waals surface area contributed by atoms with Crippen molar-refractivity contribution >= 4 is 17.5 Å². The second-order valence-corrected chi connectivity index (χ2v) is 6.44. The number of benzene rings is 1. The number of ether oxygens (including phenoxy) is 1. The molecule has 0 saturated carbocycles. The summed E-state index contributed by atoms with van der Waals surface area (Å²) < 4.78 is 7.05. The van der Waals surface area contributed by atoms with Gasteiger partial charge in [0.2, 0.25) is 11.8 Å². The van der Waals surface area contributed by atoms with Gasteiger partial charge in [-0.25, -0.2) is 4.98 Å². The molecule has 3 rings (SSSR count). The summed E-state index contributed by atoms with van der Waals surface area (Å²) in [4.78, 5) is 31.0. The van der Waals surface area contributed by atoms with E-state index in [-0.39, 0.29) is 23.8 Å². The SMILES string of the molecule is CCc1nccn1[C@@H](C)C(=O)N1CC(C(=O)Nc2cccc(OC)c2)C1. The van der Waals surface area contributed by atoms with Crippen LogP contribution in [0.3, 0.4) is 0 Å². The van der Waals surface area contributed by atoms with E-state index in [0.29, 0.717) is 24.5 Å². The van der Waals surface area contributed by atoms with Crippen LogP contribution in [0.4, 0.5) is 5.69 Å². The lowest BCUT2D eigenvalue weighted by molar-refractivity contribution is -0.143. The van der Waals surface area contributed by atoms with Crippen LogP contribution in [0.25, 0.3) is 0 Å². The number of aromatic nitrogens is 2. The molecule has 1 N–H and O–H groups in total. The first kappa shape index (κ1) is 18.0. The third-order valence-corrected chi connectivity index (χ3v) is 4.74. The van der Waals surface area contributed by atoms with Crippen molar-refractivity contribution in [1.82, 2.24) is 14.5 Å². The second kappa shape index (κ2) is 7.59. The summed E-state index contributed by atoms with van der Waals surface area (Å²) in [5, 5.41) is 2.88. The Hall–Kier alpha value is -2.83. The standard InChI is InChI=1S/C19H24N4O3/c1-4-17-20-8-9-23(17)13(2)19(25)22-11-14(12-22)18(24)21-15-6-5-7-16(10-15)26-3/h5-10,13-14H,4,11-12H2,1-3H3,(H,21,24)/t13-/m0/s1. The molecule has 2 aromatic rings. The van der Waals surface area contributed by atoms with Crippen LogP contribution in [0, 0.1) is 5.92 Å². The van der Waals surface area contributed by atoms with Crippen molar-refractivity contribution in [3.8, 4) is 5.75 Å². The smallest absolute Gasteiger partial charge is 0.245 e. The molecule has 1 saturated heterocycles. The molecular weight excluding hydrogens is 332 g/mol. The molecule has 7 nitrogen and oxygen atoms in total. The van der Waals surface area contributed by atoms with Gasteiger partial charge < -0.3 is 19.5 Å². The predicted molar refractivity (Wildman–Crippen MR) is 98.0 cm³/mol. The Labute approximate surface area is 153 Å². The van der Waals surface area contributed by atoms with E-state index in [1.807, 2.05) is 42.8 Å². The van der Waals surface area contributed by atoms with Gasteiger partial charge in [-0.2, -0.15) is 0 Å². The predicted octanol–water partition coefficient (Wildman–Crippen LogP) is 2.11. The number of nitrogens with zero attached hydrogens (tertiary/aromatic N) is 3. The third-order valence-electron chi connectivity index (χ3n) is 4.74. The first-order valence-electron chi connectivity index (χ1n) is 8.79. The minimum absolute atomic E-state index is 0.0168. The summed E-state index contributed by atoms with van der Waals surface area (Å²) in [6.07, 6.45) is 4.31. The van der Waals surface area contributed by atoms with Gasteiger partial charge in [-0.15, -0.1) is 0 Å². The maximum atomic E-state index is 12.6. The lowest BCUT2D eigenvalue weighted by atomic mass is 9.98. The van der Waals surface area contributed by atoms with E-state index in [4.69, 9.17) is 4.74 Å². The number of anilines is 1. The van der Waals surface area contributed by atoms with Gasteiger partial charge in [0, 0.05) is 43.7 Å². The molecule has 2 heterocycles. The fourth-order valence-corrected chi connectivity index (χ4v) is 3.12. The molecule has 2 amide bonds. The number of imidazole rings is 1. The van der Waals surface area contributed by atoms with Crippen LogP contribution < -0.4 is 10.1 Å². The Morgan fingerprint density at radius 2 is 2.15 bits per heavy atom. The van der Waals surface area contributed by atoms with Gasteiger partial charge in [-0.05, 0) is 19.1 Å². The summed E-state index contributed by atoms with van der Waals surface area (Å²) in [6, 6.07) is 6.92. The molecule has 26 heavy (non-hydrogen) atoms. The first-order valence-corrected chi connectivity index (χ1v) is 8.79. The number of methoxy groups -OCH3 is 1. The number of hydrogen-bond acceptors (Lipinski definition) is 4. The zero-order chi connectivity index (χ0) is 18.7. The highest BCUT2D eigenvalue weighted by Gasteiger charge is 2.37. The van der Waals surface area contributed by atoms with Crippen molar-refractivity contribution in [3.05, 3.63) is 42.5 Å². The van der Waals surface area contributed by atoms with Gasteiger partial charge in [-0.1, -0.05) is 13.0 Å². The molecule has 1 atom stereocenters. The molecule has 0 spiro atoms. The molecular formula is C19H24N4O3. The maximum absolute atomic E-state index is 12.6. The number of carbonyl (C=O) groups excluding carboxylic acids is 2. The molecule has 138 valence electrons. The number of hydrogen-bond donors (Lipinski definition) is 1. The van der Waals surface area contributed by atoms with Crippen molar-refractivity contribution in [3.63, 3.8) is 0 Å². The number of amides is 2. The summed E-state index contributed by atoms with van der Waals surface area (Å²) in [7, 11) is 1.59. The number of aryl methyl sites for hydroxylation is 1. The Balaban J connectivity index is 1.54. The van der Waals surface area contributed by atoms with Crippen molar-refractivity contribution in [2.45, 2.75) is 26.3 Å². The highest BCUT2D eigenvalue weighted by Crippen LogP contribution is 2.24. The molecule has 7 heteroatoms. The van der Waals surface area contributed by atoms with Gasteiger partial charge in [0.1, 0.15) is 17.6 Å². The molecule has 0 unspecified atom stereocenters. The summed E-state index contributed by atoms with van der Waals surface area (Å²) >= 11 is 0. The fourth-order valence-electron chi connectivity index (χ4n) is 3.12. The second-order valence-electron chi connectivity index (χ2n) is 6.44. The zero-order valence-electron chi connectivity index (χ0n) is 15.3. The topological polar surface area (TPSA) is 76.5 Å². The van der Waals surface area contributed by atoms with Crippen LogP contribution in [0.2, 0.25) is 0 Å². The Morgan fingerprint density at radius 3 is 2.85 bits per heavy atom. The summed E-state index contributed by atoms with van der Waals surface area (Å²) in [5.41, 5.74) is 0.693. The number of rotatable bonds is 6. The average Bonchev–Trinajstić information content (AvgIpc) is 3.08. The number of carbonyl (C=O) groups is 2. The van der Waals surface area contributed by atoms with Crippen LogP contribution in [-0.2, 0) is 16.0 Å². The quantitative estimate of drug-likeness (QED) is 0.860. The Morgan fingerprint density at radius 1 is 1.38 bits per heavy atom. The van der Waals surface area contributed by atoms with Gasteiger partial charge in [0.05, 0.1) is 13.0 Å². The van der Waals surface area contributed by atoms with E-state index in [1.165, 1.54) is 0 Å². The molecule has 0 bridgehead atoms. The van der Waals surface area contributed by atoms with E-state index < -0.39 is 0 Å². The van der Waals surface area contributed by atoms with Crippen molar-refractivity contribution in [2.75, 3.05) is 25.5 Å². The van der Waals surface area contributed by atoms with Crippen molar-refractivity contribution in [2.24, 2.45) is 5.92 Å². The summed E-state index contributed by atoms with van der Waals surface area (Å²) in [6.45, 7) is 4.76. The Kier molecular flexibility index (Phi) is 5.25. The van der Waals surface area contributed by atoms with Crippen molar-refractivity contribution < 1.29 is 14.3 Å². The lowest BCUT2D eigenvalue weighted by Gasteiger charge is -2.39. The first-order chi connectivity index (χ1) is 12.5. The van der Waals surface area contributed by atoms with Gasteiger partial charge in [0.15, 0.2) is 0 Å². The molecule has 1 aliphatic heterocycles. The lowest BCUT2D eigenvalue weighted by Crippen LogP contribution is -2.55. The van der Waals surface area contributed by atoms with E-state index in [0.717, 1.165) is 12.2 Å². The maximum Gasteiger partial charge on any atom is 0.245 e. The molecule has 1 aliphatic rings. The molecule has 1 fully saturated rings. The van der Waals surface area contributed by atoms with Gasteiger partial charge in [0.25, 0.3) is 0 Å². The molecule has 0 radical (unpaired) electrons.